The smallest absolute Gasteiger partial charge is 0.339 e. The summed E-state index contributed by atoms with van der Waals surface area (Å²) in [6, 6.07) is 15.5. The van der Waals surface area contributed by atoms with Crippen LogP contribution in [0.4, 0.5) is 0 Å². The van der Waals surface area contributed by atoms with Crippen molar-refractivity contribution in [3.8, 4) is 11.1 Å². The zero-order valence-electron chi connectivity index (χ0n) is 11.0. The Morgan fingerprint density at radius 1 is 1.15 bits per heavy atom. The van der Waals surface area contributed by atoms with Crippen LogP contribution in [0, 0.1) is 0 Å². The topological polar surface area (TPSA) is 26.3 Å². The highest BCUT2D eigenvalue weighted by Crippen LogP contribution is 2.25. The third-order valence-electron chi connectivity index (χ3n) is 2.90. The molecule has 0 unspecified atom stereocenters. The fourth-order valence-electron chi connectivity index (χ4n) is 1.90. The van der Waals surface area contributed by atoms with Crippen LogP contribution in [0.2, 0.25) is 0 Å². The van der Waals surface area contributed by atoms with E-state index in [2.05, 4.69) is 22.5 Å². The van der Waals surface area contributed by atoms with Crippen molar-refractivity contribution in [2.75, 3.05) is 6.61 Å². The van der Waals surface area contributed by atoms with Gasteiger partial charge in [-0.05, 0) is 22.8 Å². The van der Waals surface area contributed by atoms with Crippen LogP contribution in [0.3, 0.4) is 0 Å². The van der Waals surface area contributed by atoms with Gasteiger partial charge in [-0.15, -0.1) is 0 Å². The SMILES string of the molecule is C=CCOC(=O)c1ccccc1-c1ccc(CBr)cc1. The van der Waals surface area contributed by atoms with Gasteiger partial charge in [0.15, 0.2) is 0 Å². The van der Waals surface area contributed by atoms with Gasteiger partial charge in [-0.1, -0.05) is 71.0 Å². The Balaban J connectivity index is 2.35. The van der Waals surface area contributed by atoms with Crippen LogP contribution in [0.25, 0.3) is 11.1 Å². The summed E-state index contributed by atoms with van der Waals surface area (Å²) in [5, 5.41) is 0.816. The molecule has 0 N–H and O–H groups in total. The normalized spacial score (nSPS) is 10.1. The van der Waals surface area contributed by atoms with Crippen LogP contribution in [0.1, 0.15) is 15.9 Å². The lowest BCUT2D eigenvalue weighted by Crippen LogP contribution is -2.06. The largest absolute Gasteiger partial charge is 0.458 e. The van der Waals surface area contributed by atoms with Gasteiger partial charge < -0.3 is 4.74 Å². The van der Waals surface area contributed by atoms with Gasteiger partial charge in [0, 0.05) is 5.33 Å². The van der Waals surface area contributed by atoms with Gasteiger partial charge in [-0.25, -0.2) is 4.79 Å². The van der Waals surface area contributed by atoms with Crippen molar-refractivity contribution in [3.63, 3.8) is 0 Å². The minimum atomic E-state index is -0.329. The lowest BCUT2D eigenvalue weighted by molar-refractivity contribution is 0.0550. The second-order valence-corrected chi connectivity index (χ2v) is 4.82. The van der Waals surface area contributed by atoms with Gasteiger partial charge in [0.1, 0.15) is 6.61 Å². The van der Waals surface area contributed by atoms with Gasteiger partial charge in [0.2, 0.25) is 0 Å². The van der Waals surface area contributed by atoms with Crippen molar-refractivity contribution in [2.45, 2.75) is 5.33 Å². The predicted molar refractivity (Wildman–Crippen MR) is 85.0 cm³/mol. The van der Waals surface area contributed by atoms with Crippen molar-refractivity contribution in [1.82, 2.24) is 0 Å². The molecule has 0 spiro atoms. The molecule has 0 fully saturated rings. The second kappa shape index (κ2) is 7.06. The Bertz CT molecular complexity index is 603. The summed E-state index contributed by atoms with van der Waals surface area (Å²) in [7, 11) is 0. The van der Waals surface area contributed by atoms with Gasteiger partial charge in [0.25, 0.3) is 0 Å². The van der Waals surface area contributed by atoms with Gasteiger partial charge in [-0.3, -0.25) is 0 Å². The number of esters is 1. The second-order valence-electron chi connectivity index (χ2n) is 4.26. The monoisotopic (exact) mass is 330 g/mol. The van der Waals surface area contributed by atoms with E-state index in [4.69, 9.17) is 4.74 Å². The minimum Gasteiger partial charge on any atom is -0.458 e. The zero-order chi connectivity index (χ0) is 14.4. The van der Waals surface area contributed by atoms with Crippen molar-refractivity contribution < 1.29 is 9.53 Å². The van der Waals surface area contributed by atoms with E-state index < -0.39 is 0 Å². The van der Waals surface area contributed by atoms with E-state index in [-0.39, 0.29) is 12.6 Å². The molecular formula is C17H15BrO2. The van der Waals surface area contributed by atoms with Crippen LogP contribution >= 0.6 is 15.9 Å². The fourth-order valence-corrected chi connectivity index (χ4v) is 2.27. The number of carbonyl (C=O) groups is 1. The highest BCUT2D eigenvalue weighted by molar-refractivity contribution is 9.08. The van der Waals surface area contributed by atoms with Crippen molar-refractivity contribution in [2.24, 2.45) is 0 Å². The summed E-state index contributed by atoms with van der Waals surface area (Å²) in [4.78, 5) is 12.0. The van der Waals surface area contributed by atoms with E-state index >= 15 is 0 Å². The molecule has 0 bridgehead atoms. The summed E-state index contributed by atoms with van der Waals surface area (Å²) in [6.07, 6.45) is 1.56. The first kappa shape index (κ1) is 14.5. The zero-order valence-corrected chi connectivity index (χ0v) is 12.6. The van der Waals surface area contributed by atoms with Crippen LogP contribution in [0.5, 0.6) is 0 Å². The lowest BCUT2D eigenvalue weighted by Gasteiger charge is -2.09. The molecule has 2 aromatic carbocycles. The summed E-state index contributed by atoms with van der Waals surface area (Å²) < 4.78 is 5.12. The Morgan fingerprint density at radius 2 is 1.85 bits per heavy atom. The molecule has 0 aliphatic carbocycles. The molecule has 2 nitrogen and oxygen atoms in total. The van der Waals surface area contributed by atoms with Crippen molar-refractivity contribution in [1.29, 1.82) is 0 Å². The first-order valence-corrected chi connectivity index (χ1v) is 7.40. The molecule has 2 aromatic rings. The highest BCUT2D eigenvalue weighted by atomic mass is 79.9. The number of benzene rings is 2. The van der Waals surface area contributed by atoms with E-state index in [0.29, 0.717) is 5.56 Å². The van der Waals surface area contributed by atoms with Crippen molar-refractivity contribution >= 4 is 21.9 Å². The van der Waals surface area contributed by atoms with Crippen molar-refractivity contribution in [3.05, 3.63) is 72.3 Å². The fraction of sp³-hybridized carbons (Fsp3) is 0.118. The molecule has 2 rings (SSSR count). The van der Waals surface area contributed by atoms with Crippen LogP contribution < -0.4 is 0 Å². The molecule has 0 radical (unpaired) electrons. The Kier molecular flexibility index (Phi) is 5.13. The molecule has 3 heteroatoms. The molecule has 0 aliphatic rings. The molecule has 102 valence electrons. The summed E-state index contributed by atoms with van der Waals surface area (Å²) in [5.41, 5.74) is 3.64. The minimum absolute atomic E-state index is 0.218. The van der Waals surface area contributed by atoms with E-state index in [0.717, 1.165) is 16.5 Å². The maximum Gasteiger partial charge on any atom is 0.339 e. The molecule has 0 aliphatic heterocycles. The van der Waals surface area contributed by atoms with Gasteiger partial charge in [-0.2, -0.15) is 0 Å². The number of rotatable bonds is 5. The predicted octanol–water partition coefficient (Wildman–Crippen LogP) is 4.59. The molecule has 0 saturated carbocycles. The number of hydrogen-bond donors (Lipinski definition) is 0. The number of ether oxygens (including phenoxy) is 1. The molecule has 0 amide bonds. The van der Waals surface area contributed by atoms with Gasteiger partial charge >= 0.3 is 5.97 Å². The first-order valence-electron chi connectivity index (χ1n) is 6.28. The Labute approximate surface area is 127 Å². The third kappa shape index (κ3) is 3.36. The van der Waals surface area contributed by atoms with E-state index in [1.54, 1.807) is 12.1 Å². The van der Waals surface area contributed by atoms with E-state index in [9.17, 15) is 4.79 Å². The molecule has 0 aromatic heterocycles. The summed E-state index contributed by atoms with van der Waals surface area (Å²) in [5.74, 6) is -0.329. The molecule has 0 heterocycles. The maximum absolute atomic E-state index is 12.0. The third-order valence-corrected chi connectivity index (χ3v) is 3.55. The average molecular weight is 331 g/mol. The van der Waals surface area contributed by atoms with Crippen LogP contribution in [-0.4, -0.2) is 12.6 Å². The standard InChI is InChI=1S/C17H15BrO2/c1-2-11-20-17(19)16-6-4-3-5-15(16)14-9-7-13(12-18)8-10-14/h2-10H,1,11-12H2. The first-order chi connectivity index (χ1) is 9.76. The average Bonchev–Trinajstić information content (AvgIpc) is 2.52. The van der Waals surface area contributed by atoms with Crippen LogP contribution in [0.15, 0.2) is 61.2 Å². The molecule has 20 heavy (non-hydrogen) atoms. The van der Waals surface area contributed by atoms with E-state index in [1.165, 1.54) is 5.56 Å². The maximum atomic E-state index is 12.0. The molecule has 0 atom stereocenters. The number of carbonyl (C=O) groups excluding carboxylic acids is 1. The number of alkyl halides is 1. The number of halogens is 1. The molecule has 0 saturated heterocycles. The Hall–Kier alpha value is -1.87. The van der Waals surface area contributed by atoms with Crippen LogP contribution in [-0.2, 0) is 10.1 Å². The summed E-state index contributed by atoms with van der Waals surface area (Å²) in [6.45, 7) is 3.76. The molecular weight excluding hydrogens is 316 g/mol. The van der Waals surface area contributed by atoms with E-state index in [1.807, 2.05) is 42.5 Å². The van der Waals surface area contributed by atoms with Gasteiger partial charge in [0.05, 0.1) is 5.56 Å². The summed E-state index contributed by atoms with van der Waals surface area (Å²) >= 11 is 3.42. The number of hydrogen-bond acceptors (Lipinski definition) is 2. The quantitative estimate of drug-likeness (QED) is 0.455. The Morgan fingerprint density at radius 3 is 2.50 bits per heavy atom. The highest BCUT2D eigenvalue weighted by Gasteiger charge is 2.13. The lowest BCUT2D eigenvalue weighted by atomic mass is 9.99.